The number of nitrogens with two attached hydrogens (primary N) is 1. The van der Waals surface area contributed by atoms with Crippen LogP contribution >= 0.6 is 0 Å². The third-order valence-electron chi connectivity index (χ3n) is 1.78. The zero-order valence-corrected chi connectivity index (χ0v) is 8.59. The van der Waals surface area contributed by atoms with E-state index in [9.17, 15) is 18.0 Å². The standard InChI is InChI=1S/C9H7F3N2O3/c1-2-16-8(15)5-4(3-13)7(14)17-6(5)9(10,11)12/h2,14H2,1H3. The minimum Gasteiger partial charge on any atom is -0.462 e. The SMILES string of the molecule is CCOC(=O)c1c(C(F)(F)F)oc(N)c1C#N. The van der Waals surface area contributed by atoms with E-state index >= 15 is 0 Å². The number of halogens is 3. The van der Waals surface area contributed by atoms with Gasteiger partial charge >= 0.3 is 12.1 Å². The number of rotatable bonds is 2. The first-order valence-electron chi connectivity index (χ1n) is 4.39. The summed E-state index contributed by atoms with van der Waals surface area (Å²) in [6.07, 6.45) is -4.93. The maximum atomic E-state index is 12.5. The zero-order chi connectivity index (χ0) is 13.2. The predicted molar refractivity (Wildman–Crippen MR) is 48.8 cm³/mol. The van der Waals surface area contributed by atoms with Gasteiger partial charge in [0.05, 0.1) is 6.61 Å². The van der Waals surface area contributed by atoms with Crippen molar-refractivity contribution in [2.75, 3.05) is 12.3 Å². The van der Waals surface area contributed by atoms with E-state index in [1.165, 1.54) is 13.0 Å². The van der Waals surface area contributed by atoms with Crippen molar-refractivity contribution in [3.05, 3.63) is 16.9 Å². The molecule has 0 saturated carbocycles. The molecule has 0 unspecified atom stereocenters. The number of alkyl halides is 3. The van der Waals surface area contributed by atoms with E-state index in [0.717, 1.165) is 0 Å². The van der Waals surface area contributed by atoms with Gasteiger partial charge in [-0.3, -0.25) is 0 Å². The van der Waals surface area contributed by atoms with Crippen molar-refractivity contribution >= 4 is 11.9 Å². The highest BCUT2D eigenvalue weighted by atomic mass is 19.4. The first-order chi connectivity index (χ1) is 7.82. The second-order valence-corrected chi connectivity index (χ2v) is 2.88. The topological polar surface area (TPSA) is 89.2 Å². The van der Waals surface area contributed by atoms with Gasteiger partial charge in [-0.1, -0.05) is 0 Å². The number of nitrogen functional groups attached to an aromatic ring is 1. The number of furan rings is 1. The number of hydrogen-bond acceptors (Lipinski definition) is 5. The highest BCUT2D eigenvalue weighted by Gasteiger charge is 2.43. The summed E-state index contributed by atoms with van der Waals surface area (Å²) in [6, 6.07) is 1.38. The minimum atomic E-state index is -4.93. The molecule has 0 amide bonds. The van der Waals surface area contributed by atoms with Gasteiger partial charge in [0.2, 0.25) is 11.6 Å². The first-order valence-corrected chi connectivity index (χ1v) is 4.39. The van der Waals surface area contributed by atoms with Crippen LogP contribution in [-0.2, 0) is 10.9 Å². The molecule has 0 fully saturated rings. The van der Waals surface area contributed by atoms with E-state index in [1.54, 1.807) is 0 Å². The first kappa shape index (κ1) is 12.9. The van der Waals surface area contributed by atoms with Crippen molar-refractivity contribution in [2.45, 2.75) is 13.1 Å². The molecule has 0 atom stereocenters. The van der Waals surface area contributed by atoms with Gasteiger partial charge in [-0.2, -0.15) is 18.4 Å². The Hall–Kier alpha value is -2.17. The Labute approximate surface area is 93.6 Å². The number of nitriles is 1. The second kappa shape index (κ2) is 4.37. The summed E-state index contributed by atoms with van der Waals surface area (Å²) in [7, 11) is 0. The lowest BCUT2D eigenvalue weighted by atomic mass is 10.1. The van der Waals surface area contributed by atoms with Crippen LogP contribution in [0.15, 0.2) is 4.42 Å². The summed E-state index contributed by atoms with van der Waals surface area (Å²) in [6.45, 7) is 1.28. The fourth-order valence-electron chi connectivity index (χ4n) is 1.16. The average Bonchev–Trinajstić information content (AvgIpc) is 2.55. The molecule has 0 aliphatic rings. The summed E-state index contributed by atoms with van der Waals surface area (Å²) >= 11 is 0. The van der Waals surface area contributed by atoms with Crippen LogP contribution in [0.5, 0.6) is 0 Å². The summed E-state index contributed by atoms with van der Waals surface area (Å²) in [5, 5.41) is 8.63. The Morgan fingerprint density at radius 1 is 1.59 bits per heavy atom. The Balaban J connectivity index is 3.44. The Morgan fingerprint density at radius 2 is 2.18 bits per heavy atom. The minimum absolute atomic E-state index is 0.133. The number of ether oxygens (including phenoxy) is 1. The number of nitrogens with zero attached hydrogens (tertiary/aromatic N) is 1. The van der Waals surface area contributed by atoms with E-state index < -0.39 is 34.9 Å². The molecule has 1 rings (SSSR count). The number of esters is 1. The summed E-state index contributed by atoms with van der Waals surface area (Å²) < 4.78 is 46.1. The van der Waals surface area contributed by atoms with Gasteiger partial charge < -0.3 is 14.9 Å². The molecule has 0 aliphatic heterocycles. The number of hydrogen-bond donors (Lipinski definition) is 1. The molecule has 0 spiro atoms. The maximum Gasteiger partial charge on any atom is 0.450 e. The van der Waals surface area contributed by atoms with Gasteiger partial charge in [0.1, 0.15) is 17.2 Å². The molecule has 1 heterocycles. The smallest absolute Gasteiger partial charge is 0.450 e. The van der Waals surface area contributed by atoms with Crippen LogP contribution in [0.1, 0.15) is 28.6 Å². The number of carbonyl (C=O) groups excluding carboxylic acids is 1. The average molecular weight is 248 g/mol. The Morgan fingerprint density at radius 3 is 2.59 bits per heavy atom. The molecular weight excluding hydrogens is 241 g/mol. The Kier molecular flexibility index (Phi) is 3.31. The molecular formula is C9H7F3N2O3. The van der Waals surface area contributed by atoms with Crippen molar-refractivity contribution < 1.29 is 27.1 Å². The van der Waals surface area contributed by atoms with Crippen LogP contribution in [-0.4, -0.2) is 12.6 Å². The maximum absolute atomic E-state index is 12.5. The van der Waals surface area contributed by atoms with Crippen LogP contribution in [0, 0.1) is 11.3 Å². The van der Waals surface area contributed by atoms with Gasteiger partial charge in [-0.05, 0) is 6.92 Å². The molecule has 8 heteroatoms. The molecule has 17 heavy (non-hydrogen) atoms. The second-order valence-electron chi connectivity index (χ2n) is 2.88. The van der Waals surface area contributed by atoms with E-state index in [4.69, 9.17) is 11.0 Å². The lowest BCUT2D eigenvalue weighted by molar-refractivity contribution is -0.153. The van der Waals surface area contributed by atoms with Crippen LogP contribution in [0.25, 0.3) is 0 Å². The van der Waals surface area contributed by atoms with E-state index in [0.29, 0.717) is 0 Å². The third kappa shape index (κ3) is 2.33. The number of carbonyl (C=O) groups is 1. The fraction of sp³-hybridized carbons (Fsp3) is 0.333. The van der Waals surface area contributed by atoms with Gasteiger partial charge in [-0.15, -0.1) is 0 Å². The highest BCUT2D eigenvalue weighted by Crippen LogP contribution is 2.37. The van der Waals surface area contributed by atoms with Crippen LogP contribution in [0.2, 0.25) is 0 Å². The lowest BCUT2D eigenvalue weighted by Gasteiger charge is -2.05. The largest absolute Gasteiger partial charge is 0.462 e. The van der Waals surface area contributed by atoms with Crippen molar-refractivity contribution in [1.29, 1.82) is 5.26 Å². The van der Waals surface area contributed by atoms with Crippen molar-refractivity contribution in [3.63, 3.8) is 0 Å². The van der Waals surface area contributed by atoms with Gasteiger partial charge in [-0.25, -0.2) is 4.79 Å². The van der Waals surface area contributed by atoms with E-state index in [1.807, 2.05) is 0 Å². The van der Waals surface area contributed by atoms with Crippen LogP contribution in [0.3, 0.4) is 0 Å². The monoisotopic (exact) mass is 248 g/mol. The van der Waals surface area contributed by atoms with Crippen molar-refractivity contribution in [3.8, 4) is 6.07 Å². The molecule has 0 aromatic carbocycles. The van der Waals surface area contributed by atoms with Crippen molar-refractivity contribution in [2.24, 2.45) is 0 Å². The van der Waals surface area contributed by atoms with Gasteiger partial charge in [0, 0.05) is 0 Å². The quantitative estimate of drug-likeness (QED) is 0.807. The summed E-state index contributed by atoms with van der Waals surface area (Å²) in [5.41, 5.74) is 3.43. The van der Waals surface area contributed by atoms with Gasteiger partial charge in [0.25, 0.3) is 0 Å². The summed E-state index contributed by atoms with van der Waals surface area (Å²) in [4.78, 5) is 11.3. The molecule has 92 valence electrons. The van der Waals surface area contributed by atoms with E-state index in [-0.39, 0.29) is 6.61 Å². The summed E-state index contributed by atoms with van der Waals surface area (Å²) in [5.74, 6) is -3.68. The molecule has 1 aromatic rings. The predicted octanol–water partition coefficient (Wildman–Crippen LogP) is 1.93. The van der Waals surface area contributed by atoms with Gasteiger partial charge in [0.15, 0.2) is 0 Å². The molecule has 0 aliphatic carbocycles. The molecule has 0 bridgehead atoms. The normalized spacial score (nSPS) is 11.0. The van der Waals surface area contributed by atoms with E-state index in [2.05, 4.69) is 9.15 Å². The van der Waals surface area contributed by atoms with Crippen LogP contribution in [0.4, 0.5) is 19.1 Å². The van der Waals surface area contributed by atoms with Crippen molar-refractivity contribution in [1.82, 2.24) is 0 Å². The third-order valence-corrected chi connectivity index (χ3v) is 1.78. The lowest BCUT2D eigenvalue weighted by Crippen LogP contribution is -2.14. The fourth-order valence-corrected chi connectivity index (χ4v) is 1.16. The Bertz CT molecular complexity index is 485. The molecule has 1 aromatic heterocycles. The molecule has 5 nitrogen and oxygen atoms in total. The zero-order valence-electron chi connectivity index (χ0n) is 8.59. The number of anilines is 1. The van der Waals surface area contributed by atoms with Crippen LogP contribution < -0.4 is 5.73 Å². The molecule has 0 radical (unpaired) electrons. The molecule has 2 N–H and O–H groups in total. The highest BCUT2D eigenvalue weighted by molar-refractivity contribution is 5.95. The molecule has 0 saturated heterocycles.